The summed E-state index contributed by atoms with van der Waals surface area (Å²) in [6.45, 7) is 9.76. The first-order valence-corrected chi connectivity index (χ1v) is 9.60. The quantitative estimate of drug-likeness (QED) is 0.375. The zero-order valence-corrected chi connectivity index (χ0v) is 18.7. The van der Waals surface area contributed by atoms with E-state index in [1.54, 1.807) is 7.11 Å². The molecule has 1 unspecified atom stereocenters. The Kier molecular flexibility index (Phi) is 9.57. The van der Waals surface area contributed by atoms with Crippen LogP contribution >= 0.6 is 24.0 Å². The molecule has 7 nitrogen and oxygen atoms in total. The topological polar surface area (TPSA) is 62.2 Å². The summed E-state index contributed by atoms with van der Waals surface area (Å²) in [4.78, 5) is 14.2. The van der Waals surface area contributed by atoms with Gasteiger partial charge in [-0.15, -0.1) is 24.0 Å². The standard InChI is InChI=1S/C19H31N5O2.HI/c1-3-20-19(24-8-6-16(14-24)15-25-2)22-13-17-5-4-7-21-18(17)23-9-11-26-12-10-23;/h4-5,7,16H,3,6,8-15H2,1-2H3,(H,20,22);1H. The second kappa shape index (κ2) is 11.7. The van der Waals surface area contributed by atoms with E-state index in [2.05, 4.69) is 33.1 Å². The Morgan fingerprint density at radius 1 is 1.37 bits per heavy atom. The summed E-state index contributed by atoms with van der Waals surface area (Å²) < 4.78 is 10.8. The molecule has 2 aliphatic rings. The largest absolute Gasteiger partial charge is 0.384 e. The molecule has 0 amide bonds. The van der Waals surface area contributed by atoms with Crippen molar-refractivity contribution in [2.24, 2.45) is 10.9 Å². The molecule has 2 fully saturated rings. The first kappa shape index (κ1) is 22.2. The number of hydrogen-bond acceptors (Lipinski definition) is 5. The zero-order valence-electron chi connectivity index (χ0n) is 16.4. The molecule has 3 heterocycles. The molecule has 0 aliphatic carbocycles. The number of rotatable bonds is 6. The minimum atomic E-state index is 0. The summed E-state index contributed by atoms with van der Waals surface area (Å²) in [6, 6.07) is 4.12. The van der Waals surface area contributed by atoms with Gasteiger partial charge in [0, 0.05) is 57.5 Å². The molecule has 1 aromatic heterocycles. The van der Waals surface area contributed by atoms with E-state index >= 15 is 0 Å². The van der Waals surface area contributed by atoms with Crippen LogP contribution in [0.2, 0.25) is 0 Å². The average molecular weight is 489 g/mol. The molecule has 1 atom stereocenters. The molecule has 1 aromatic rings. The maximum atomic E-state index is 5.46. The zero-order chi connectivity index (χ0) is 18.2. The Labute approximate surface area is 179 Å². The monoisotopic (exact) mass is 489 g/mol. The van der Waals surface area contributed by atoms with Crippen LogP contribution < -0.4 is 10.2 Å². The molecule has 2 saturated heterocycles. The van der Waals surface area contributed by atoms with Crippen molar-refractivity contribution in [3.63, 3.8) is 0 Å². The van der Waals surface area contributed by atoms with Crippen LogP contribution in [-0.2, 0) is 16.0 Å². The molecule has 1 N–H and O–H groups in total. The first-order valence-electron chi connectivity index (χ1n) is 9.60. The van der Waals surface area contributed by atoms with Gasteiger partial charge < -0.3 is 24.6 Å². The Morgan fingerprint density at radius 3 is 2.93 bits per heavy atom. The minimum absolute atomic E-state index is 0. The van der Waals surface area contributed by atoms with Crippen LogP contribution in [0.1, 0.15) is 18.9 Å². The first-order chi connectivity index (χ1) is 12.8. The van der Waals surface area contributed by atoms with E-state index in [-0.39, 0.29) is 24.0 Å². The van der Waals surface area contributed by atoms with E-state index in [1.807, 2.05) is 12.3 Å². The summed E-state index contributed by atoms with van der Waals surface area (Å²) in [5, 5.41) is 3.44. The third kappa shape index (κ3) is 6.18. The molecule has 0 saturated carbocycles. The summed E-state index contributed by atoms with van der Waals surface area (Å²) in [5.74, 6) is 2.61. The highest BCUT2D eigenvalue weighted by Gasteiger charge is 2.25. The number of nitrogens with one attached hydrogen (secondary N) is 1. The molecule has 2 aliphatic heterocycles. The fraction of sp³-hybridized carbons (Fsp3) is 0.684. The van der Waals surface area contributed by atoms with Gasteiger partial charge in [0.05, 0.1) is 26.4 Å². The van der Waals surface area contributed by atoms with Gasteiger partial charge in [0.2, 0.25) is 0 Å². The van der Waals surface area contributed by atoms with Gasteiger partial charge in [-0.3, -0.25) is 0 Å². The van der Waals surface area contributed by atoms with Crippen LogP contribution in [0.3, 0.4) is 0 Å². The number of hydrogen-bond donors (Lipinski definition) is 1. The van der Waals surface area contributed by atoms with E-state index in [0.29, 0.717) is 12.5 Å². The number of ether oxygens (including phenoxy) is 2. The smallest absolute Gasteiger partial charge is 0.194 e. The van der Waals surface area contributed by atoms with Crippen molar-refractivity contribution in [1.29, 1.82) is 0 Å². The van der Waals surface area contributed by atoms with Crippen LogP contribution in [0.15, 0.2) is 23.3 Å². The summed E-state index contributed by atoms with van der Waals surface area (Å²) in [6.07, 6.45) is 3.02. The molecule has 0 radical (unpaired) electrons. The number of aliphatic imine (C=N–C) groups is 1. The second-order valence-corrected chi connectivity index (χ2v) is 6.81. The van der Waals surface area contributed by atoms with Gasteiger partial charge in [0.15, 0.2) is 5.96 Å². The third-order valence-electron chi connectivity index (χ3n) is 4.90. The van der Waals surface area contributed by atoms with E-state index in [0.717, 1.165) is 76.3 Å². The van der Waals surface area contributed by atoms with E-state index in [4.69, 9.17) is 14.5 Å². The Morgan fingerprint density at radius 2 is 2.19 bits per heavy atom. The molecular weight excluding hydrogens is 457 g/mol. The SMILES string of the molecule is CCNC(=NCc1cccnc1N1CCOCC1)N1CCC(COC)C1.I. The van der Waals surface area contributed by atoms with Crippen LogP contribution in [0.4, 0.5) is 5.82 Å². The third-order valence-corrected chi connectivity index (χ3v) is 4.90. The Bertz CT molecular complexity index is 595. The fourth-order valence-corrected chi connectivity index (χ4v) is 3.60. The predicted molar refractivity (Wildman–Crippen MR) is 119 cm³/mol. The highest BCUT2D eigenvalue weighted by molar-refractivity contribution is 14.0. The molecular formula is C19H32IN5O2. The molecule has 0 bridgehead atoms. The van der Waals surface area contributed by atoms with E-state index < -0.39 is 0 Å². The molecule has 0 aromatic carbocycles. The molecule has 3 rings (SSSR count). The van der Waals surface area contributed by atoms with Crippen molar-refractivity contribution >= 4 is 35.8 Å². The summed E-state index contributed by atoms with van der Waals surface area (Å²) >= 11 is 0. The van der Waals surface area contributed by atoms with Crippen molar-refractivity contribution < 1.29 is 9.47 Å². The molecule has 8 heteroatoms. The Balaban J connectivity index is 0.00000261. The highest BCUT2D eigenvalue weighted by Crippen LogP contribution is 2.20. The van der Waals surface area contributed by atoms with E-state index in [9.17, 15) is 0 Å². The van der Waals surface area contributed by atoms with Gasteiger partial charge in [-0.1, -0.05) is 6.07 Å². The van der Waals surface area contributed by atoms with Gasteiger partial charge in [-0.05, 0) is 19.4 Å². The normalized spacial score (nSPS) is 20.5. The van der Waals surface area contributed by atoms with Crippen LogP contribution in [0.25, 0.3) is 0 Å². The maximum absolute atomic E-state index is 5.46. The number of morpholine rings is 1. The number of guanidine groups is 1. The summed E-state index contributed by atoms with van der Waals surface area (Å²) in [5.41, 5.74) is 1.16. The molecule has 27 heavy (non-hydrogen) atoms. The van der Waals surface area contributed by atoms with Gasteiger partial charge >= 0.3 is 0 Å². The summed E-state index contributed by atoms with van der Waals surface area (Å²) in [7, 11) is 1.78. The van der Waals surface area contributed by atoms with Crippen molar-refractivity contribution in [2.45, 2.75) is 19.9 Å². The maximum Gasteiger partial charge on any atom is 0.194 e. The van der Waals surface area contributed by atoms with Crippen molar-refractivity contribution in [3.8, 4) is 0 Å². The highest BCUT2D eigenvalue weighted by atomic mass is 127. The van der Waals surface area contributed by atoms with Crippen molar-refractivity contribution in [2.75, 3.05) is 64.6 Å². The lowest BCUT2D eigenvalue weighted by molar-refractivity contribution is 0.122. The van der Waals surface area contributed by atoms with Gasteiger partial charge in [0.1, 0.15) is 5.82 Å². The fourth-order valence-electron chi connectivity index (χ4n) is 3.60. The van der Waals surface area contributed by atoms with Gasteiger partial charge in [0.25, 0.3) is 0 Å². The number of pyridine rings is 1. The van der Waals surface area contributed by atoms with Crippen LogP contribution in [0.5, 0.6) is 0 Å². The van der Waals surface area contributed by atoms with Gasteiger partial charge in [-0.25, -0.2) is 9.98 Å². The van der Waals surface area contributed by atoms with E-state index in [1.165, 1.54) is 0 Å². The predicted octanol–water partition coefficient (Wildman–Crippen LogP) is 1.97. The van der Waals surface area contributed by atoms with Crippen LogP contribution in [-0.4, -0.2) is 75.5 Å². The lowest BCUT2D eigenvalue weighted by Gasteiger charge is -2.29. The lowest BCUT2D eigenvalue weighted by Crippen LogP contribution is -2.40. The number of likely N-dealkylation sites (tertiary alicyclic amines) is 1. The number of aromatic nitrogens is 1. The molecule has 152 valence electrons. The number of nitrogens with zero attached hydrogens (tertiary/aromatic N) is 4. The number of halogens is 1. The number of methoxy groups -OCH3 is 1. The molecule has 0 spiro atoms. The van der Waals surface area contributed by atoms with Crippen molar-refractivity contribution in [3.05, 3.63) is 23.9 Å². The second-order valence-electron chi connectivity index (χ2n) is 6.81. The Hall–Kier alpha value is -1.13. The lowest BCUT2D eigenvalue weighted by atomic mass is 10.1. The van der Waals surface area contributed by atoms with Crippen molar-refractivity contribution in [1.82, 2.24) is 15.2 Å². The number of anilines is 1. The van der Waals surface area contributed by atoms with Crippen LogP contribution in [0, 0.1) is 5.92 Å². The average Bonchev–Trinajstić information content (AvgIpc) is 3.15. The minimum Gasteiger partial charge on any atom is -0.384 e. The van der Waals surface area contributed by atoms with Gasteiger partial charge in [-0.2, -0.15) is 0 Å².